The molecule has 0 saturated carbocycles. The van der Waals surface area contributed by atoms with Gasteiger partial charge in [0.1, 0.15) is 6.07 Å². The van der Waals surface area contributed by atoms with Crippen molar-refractivity contribution in [2.24, 2.45) is 0 Å². The van der Waals surface area contributed by atoms with Crippen LogP contribution >= 0.6 is 0 Å². The fourth-order valence-corrected chi connectivity index (χ4v) is 1.77. The van der Waals surface area contributed by atoms with E-state index in [4.69, 9.17) is 5.26 Å². The van der Waals surface area contributed by atoms with Crippen molar-refractivity contribution >= 4 is 5.69 Å². The van der Waals surface area contributed by atoms with Crippen molar-refractivity contribution in [1.29, 1.82) is 5.26 Å². The summed E-state index contributed by atoms with van der Waals surface area (Å²) in [7, 11) is 0. The van der Waals surface area contributed by atoms with E-state index >= 15 is 0 Å². The highest BCUT2D eigenvalue weighted by Crippen LogP contribution is 2.18. The summed E-state index contributed by atoms with van der Waals surface area (Å²) >= 11 is 0. The zero-order valence-electron chi connectivity index (χ0n) is 10.4. The maximum atomic E-state index is 9.12. The SMILES string of the molecule is Cc1cc(NCCn2ccnn2)c(C#N)c(C)n1. The van der Waals surface area contributed by atoms with Gasteiger partial charge in [0.25, 0.3) is 0 Å². The van der Waals surface area contributed by atoms with Crippen LogP contribution < -0.4 is 5.32 Å². The van der Waals surface area contributed by atoms with E-state index in [9.17, 15) is 0 Å². The van der Waals surface area contributed by atoms with Gasteiger partial charge >= 0.3 is 0 Å². The lowest BCUT2D eigenvalue weighted by atomic mass is 10.1. The molecule has 18 heavy (non-hydrogen) atoms. The zero-order valence-corrected chi connectivity index (χ0v) is 10.4. The van der Waals surface area contributed by atoms with Gasteiger partial charge in [0.05, 0.1) is 29.7 Å². The Bertz CT molecular complexity index is 567. The maximum absolute atomic E-state index is 9.12. The summed E-state index contributed by atoms with van der Waals surface area (Å²) in [5.41, 5.74) is 3.07. The van der Waals surface area contributed by atoms with Gasteiger partial charge in [-0.1, -0.05) is 5.21 Å². The van der Waals surface area contributed by atoms with Crippen LogP contribution in [0.15, 0.2) is 18.5 Å². The van der Waals surface area contributed by atoms with Crippen LogP contribution in [0.3, 0.4) is 0 Å². The first-order chi connectivity index (χ1) is 8.70. The lowest BCUT2D eigenvalue weighted by molar-refractivity contribution is 0.609. The molecule has 0 amide bonds. The second kappa shape index (κ2) is 5.27. The fraction of sp³-hybridized carbons (Fsp3) is 0.333. The number of aromatic nitrogens is 4. The molecule has 0 atom stereocenters. The predicted molar refractivity (Wildman–Crippen MR) is 66.9 cm³/mol. The third-order valence-electron chi connectivity index (χ3n) is 2.57. The number of hydrogen-bond acceptors (Lipinski definition) is 5. The van der Waals surface area contributed by atoms with Gasteiger partial charge in [-0.25, -0.2) is 0 Å². The topological polar surface area (TPSA) is 79.4 Å². The fourth-order valence-electron chi connectivity index (χ4n) is 1.77. The van der Waals surface area contributed by atoms with E-state index < -0.39 is 0 Å². The minimum absolute atomic E-state index is 0.596. The Hall–Kier alpha value is -2.42. The van der Waals surface area contributed by atoms with Gasteiger partial charge in [-0.05, 0) is 19.9 Å². The number of rotatable bonds is 4. The Labute approximate surface area is 105 Å². The summed E-state index contributed by atoms with van der Waals surface area (Å²) in [6.45, 7) is 5.14. The van der Waals surface area contributed by atoms with E-state index in [1.165, 1.54) is 0 Å². The lowest BCUT2D eigenvalue weighted by Gasteiger charge is -2.10. The smallest absolute Gasteiger partial charge is 0.103 e. The molecule has 2 aromatic rings. The van der Waals surface area contributed by atoms with Crippen molar-refractivity contribution in [3.05, 3.63) is 35.4 Å². The van der Waals surface area contributed by atoms with Gasteiger partial charge in [0.2, 0.25) is 0 Å². The molecule has 2 aromatic heterocycles. The van der Waals surface area contributed by atoms with E-state index in [1.54, 1.807) is 17.1 Å². The van der Waals surface area contributed by atoms with E-state index in [0.29, 0.717) is 18.7 Å². The lowest BCUT2D eigenvalue weighted by Crippen LogP contribution is -2.12. The predicted octanol–water partition coefficient (Wildman–Crippen LogP) is 1.27. The molecular formula is C12H14N6. The van der Waals surface area contributed by atoms with Gasteiger partial charge in [-0.2, -0.15) is 5.26 Å². The largest absolute Gasteiger partial charge is 0.382 e. The molecule has 0 spiro atoms. The van der Waals surface area contributed by atoms with Gasteiger partial charge in [-0.3, -0.25) is 9.67 Å². The summed E-state index contributed by atoms with van der Waals surface area (Å²) in [4.78, 5) is 4.27. The number of pyridine rings is 1. The van der Waals surface area contributed by atoms with Gasteiger partial charge < -0.3 is 5.32 Å². The Morgan fingerprint density at radius 3 is 2.94 bits per heavy atom. The second-order valence-corrected chi connectivity index (χ2v) is 3.98. The van der Waals surface area contributed by atoms with Crippen molar-refractivity contribution in [1.82, 2.24) is 20.0 Å². The van der Waals surface area contributed by atoms with Crippen molar-refractivity contribution in [2.75, 3.05) is 11.9 Å². The maximum Gasteiger partial charge on any atom is 0.103 e. The van der Waals surface area contributed by atoms with Crippen molar-refractivity contribution in [2.45, 2.75) is 20.4 Å². The van der Waals surface area contributed by atoms with Crippen LogP contribution in [0.25, 0.3) is 0 Å². The second-order valence-electron chi connectivity index (χ2n) is 3.98. The van der Waals surface area contributed by atoms with Crippen molar-refractivity contribution in [3.63, 3.8) is 0 Å². The molecule has 0 radical (unpaired) electrons. The Kier molecular flexibility index (Phi) is 3.53. The normalized spacial score (nSPS) is 10.1. The molecular weight excluding hydrogens is 228 g/mol. The molecule has 0 aromatic carbocycles. The molecule has 0 aliphatic rings. The number of nitrogens with one attached hydrogen (secondary N) is 1. The highest BCUT2D eigenvalue weighted by atomic mass is 15.4. The Morgan fingerprint density at radius 2 is 2.28 bits per heavy atom. The molecule has 0 bridgehead atoms. The molecule has 0 aliphatic heterocycles. The first-order valence-electron chi connectivity index (χ1n) is 5.67. The third kappa shape index (κ3) is 2.63. The molecule has 92 valence electrons. The van der Waals surface area contributed by atoms with Crippen LogP contribution in [0.4, 0.5) is 5.69 Å². The third-order valence-corrected chi connectivity index (χ3v) is 2.57. The number of nitriles is 1. The van der Waals surface area contributed by atoms with Gasteiger partial charge in [0, 0.05) is 18.4 Å². The number of hydrogen-bond donors (Lipinski definition) is 1. The molecule has 6 heteroatoms. The minimum atomic E-state index is 0.596. The Morgan fingerprint density at radius 1 is 1.44 bits per heavy atom. The van der Waals surface area contributed by atoms with Gasteiger partial charge in [-0.15, -0.1) is 5.10 Å². The monoisotopic (exact) mass is 242 g/mol. The molecule has 0 fully saturated rings. The first kappa shape index (κ1) is 12.0. The van der Waals surface area contributed by atoms with Gasteiger partial charge in [0.15, 0.2) is 0 Å². The van der Waals surface area contributed by atoms with Crippen LogP contribution in [-0.2, 0) is 6.54 Å². The van der Waals surface area contributed by atoms with Crippen LogP contribution in [0.2, 0.25) is 0 Å². The summed E-state index contributed by atoms with van der Waals surface area (Å²) in [6.07, 6.45) is 3.44. The first-order valence-corrected chi connectivity index (χ1v) is 5.67. The number of anilines is 1. The quantitative estimate of drug-likeness (QED) is 0.873. The van der Waals surface area contributed by atoms with Crippen molar-refractivity contribution in [3.8, 4) is 6.07 Å². The number of nitrogens with zero attached hydrogens (tertiary/aromatic N) is 5. The van der Waals surface area contributed by atoms with E-state index in [2.05, 4.69) is 26.7 Å². The van der Waals surface area contributed by atoms with Crippen molar-refractivity contribution < 1.29 is 0 Å². The summed E-state index contributed by atoms with van der Waals surface area (Å²) < 4.78 is 1.74. The summed E-state index contributed by atoms with van der Waals surface area (Å²) in [5, 5.41) is 20.0. The Balaban J connectivity index is 2.07. The van der Waals surface area contributed by atoms with Crippen LogP contribution in [0.5, 0.6) is 0 Å². The van der Waals surface area contributed by atoms with E-state index in [0.717, 1.165) is 17.1 Å². The summed E-state index contributed by atoms with van der Waals surface area (Å²) in [5.74, 6) is 0. The highest BCUT2D eigenvalue weighted by Gasteiger charge is 2.07. The standard InChI is InChI=1S/C12H14N6/c1-9-7-12(11(8-13)10(2)16-9)14-3-5-18-6-4-15-17-18/h4,6-7H,3,5H2,1-2H3,(H,14,16). The van der Waals surface area contributed by atoms with E-state index in [1.807, 2.05) is 19.9 Å². The average molecular weight is 242 g/mol. The zero-order chi connectivity index (χ0) is 13.0. The summed E-state index contributed by atoms with van der Waals surface area (Å²) in [6, 6.07) is 4.06. The average Bonchev–Trinajstić information content (AvgIpc) is 2.81. The van der Waals surface area contributed by atoms with E-state index in [-0.39, 0.29) is 0 Å². The molecule has 2 heterocycles. The van der Waals surface area contributed by atoms with Crippen LogP contribution in [0.1, 0.15) is 17.0 Å². The molecule has 1 N–H and O–H groups in total. The number of aryl methyl sites for hydroxylation is 2. The molecule has 0 saturated heterocycles. The van der Waals surface area contributed by atoms with Crippen LogP contribution in [0, 0.1) is 25.2 Å². The molecule has 6 nitrogen and oxygen atoms in total. The highest BCUT2D eigenvalue weighted by molar-refractivity contribution is 5.59. The minimum Gasteiger partial charge on any atom is -0.382 e. The molecule has 2 rings (SSSR count). The van der Waals surface area contributed by atoms with Crippen LogP contribution in [-0.4, -0.2) is 26.5 Å². The molecule has 0 aliphatic carbocycles. The molecule has 0 unspecified atom stereocenters.